The van der Waals surface area contributed by atoms with Crippen molar-refractivity contribution in [3.05, 3.63) is 65.7 Å². The number of esters is 1. The second kappa shape index (κ2) is 12.5. The number of carbonyl (C=O) groups is 4. The molecule has 3 N–H and O–H groups in total. The van der Waals surface area contributed by atoms with E-state index in [9.17, 15) is 19.2 Å². The van der Waals surface area contributed by atoms with Crippen LogP contribution in [-0.4, -0.2) is 60.9 Å². The van der Waals surface area contributed by atoms with Gasteiger partial charge in [0, 0.05) is 24.3 Å². The van der Waals surface area contributed by atoms with Crippen molar-refractivity contribution in [3.63, 3.8) is 0 Å². The van der Waals surface area contributed by atoms with Crippen LogP contribution in [0, 0.1) is 0 Å². The van der Waals surface area contributed by atoms with Gasteiger partial charge < -0.3 is 25.6 Å². The fraction of sp³-hybridized carbons (Fsp3) is 0.385. The largest absolute Gasteiger partial charge is 0.466 e. The monoisotopic (exact) mass is 480 g/mol. The van der Waals surface area contributed by atoms with Crippen LogP contribution in [0.3, 0.4) is 0 Å². The summed E-state index contributed by atoms with van der Waals surface area (Å²) < 4.78 is 5.08. The lowest BCUT2D eigenvalue weighted by atomic mass is 10.1. The molecule has 2 aromatic rings. The first-order chi connectivity index (χ1) is 16.9. The first-order valence-electron chi connectivity index (χ1n) is 11.8. The molecule has 0 aliphatic carbocycles. The van der Waals surface area contributed by atoms with Crippen molar-refractivity contribution >= 4 is 29.4 Å². The average Bonchev–Trinajstić information content (AvgIpc) is 2.87. The minimum absolute atomic E-state index is 0.0840. The van der Waals surface area contributed by atoms with E-state index in [2.05, 4.69) is 16.0 Å². The van der Waals surface area contributed by atoms with Crippen molar-refractivity contribution in [1.82, 2.24) is 15.5 Å². The summed E-state index contributed by atoms with van der Waals surface area (Å²) in [4.78, 5) is 51.4. The molecule has 1 aliphatic heterocycles. The fourth-order valence-electron chi connectivity index (χ4n) is 3.80. The van der Waals surface area contributed by atoms with Gasteiger partial charge in [0.05, 0.1) is 25.6 Å². The third-order valence-corrected chi connectivity index (χ3v) is 5.69. The SMILES string of the molecule is CCCOC(=O)CC1C(=O)NCCN1C(=O)CNc1cccc(C(=O)NC(C)c2ccccc2)c1. The molecule has 2 unspecified atom stereocenters. The highest BCUT2D eigenvalue weighted by molar-refractivity contribution is 5.96. The topological polar surface area (TPSA) is 117 Å². The first kappa shape index (κ1) is 25.7. The van der Waals surface area contributed by atoms with Crippen LogP contribution < -0.4 is 16.0 Å². The van der Waals surface area contributed by atoms with Gasteiger partial charge in [-0.2, -0.15) is 0 Å². The summed E-state index contributed by atoms with van der Waals surface area (Å²) in [6.07, 6.45) is 0.490. The fourth-order valence-corrected chi connectivity index (χ4v) is 3.80. The second-order valence-electron chi connectivity index (χ2n) is 8.36. The third kappa shape index (κ3) is 7.30. The lowest BCUT2D eigenvalue weighted by Crippen LogP contribution is -2.58. The smallest absolute Gasteiger partial charge is 0.308 e. The molecule has 1 aliphatic rings. The van der Waals surface area contributed by atoms with Crippen molar-refractivity contribution < 1.29 is 23.9 Å². The van der Waals surface area contributed by atoms with E-state index >= 15 is 0 Å². The Morgan fingerprint density at radius 1 is 1.14 bits per heavy atom. The lowest BCUT2D eigenvalue weighted by molar-refractivity contribution is -0.151. The third-order valence-electron chi connectivity index (χ3n) is 5.69. The van der Waals surface area contributed by atoms with Crippen LogP contribution in [0.1, 0.15) is 48.7 Å². The van der Waals surface area contributed by atoms with Crippen LogP contribution in [-0.2, 0) is 19.1 Å². The van der Waals surface area contributed by atoms with E-state index in [-0.39, 0.29) is 43.3 Å². The molecule has 2 atom stereocenters. The highest BCUT2D eigenvalue weighted by Gasteiger charge is 2.34. The zero-order valence-corrected chi connectivity index (χ0v) is 20.1. The summed E-state index contributed by atoms with van der Waals surface area (Å²) in [6.45, 7) is 4.61. The van der Waals surface area contributed by atoms with Gasteiger partial charge in [-0.25, -0.2) is 0 Å². The summed E-state index contributed by atoms with van der Waals surface area (Å²) in [5.74, 6) is -1.43. The number of nitrogens with one attached hydrogen (secondary N) is 3. The van der Waals surface area contributed by atoms with Gasteiger partial charge in [-0.3, -0.25) is 19.2 Å². The van der Waals surface area contributed by atoms with Crippen molar-refractivity contribution in [1.29, 1.82) is 0 Å². The van der Waals surface area contributed by atoms with Gasteiger partial charge in [-0.05, 0) is 37.1 Å². The number of hydrogen-bond acceptors (Lipinski definition) is 6. The molecule has 9 nitrogen and oxygen atoms in total. The summed E-state index contributed by atoms with van der Waals surface area (Å²) in [5.41, 5.74) is 2.05. The molecule has 0 aromatic heterocycles. The zero-order valence-electron chi connectivity index (χ0n) is 20.1. The Hall–Kier alpha value is -3.88. The molecule has 3 rings (SSSR count). The summed E-state index contributed by atoms with van der Waals surface area (Å²) in [6, 6.07) is 15.5. The molecule has 0 spiro atoms. The Kier molecular flexibility index (Phi) is 9.23. The number of rotatable bonds is 10. The molecule has 2 aromatic carbocycles. The van der Waals surface area contributed by atoms with Crippen LogP contribution in [0.5, 0.6) is 0 Å². The molecule has 186 valence electrons. The molecule has 9 heteroatoms. The first-order valence-corrected chi connectivity index (χ1v) is 11.8. The number of ether oxygens (including phenoxy) is 1. The van der Waals surface area contributed by atoms with E-state index < -0.39 is 12.0 Å². The van der Waals surface area contributed by atoms with Gasteiger partial charge in [0.2, 0.25) is 11.8 Å². The second-order valence-corrected chi connectivity index (χ2v) is 8.36. The van der Waals surface area contributed by atoms with E-state index in [0.717, 1.165) is 5.56 Å². The van der Waals surface area contributed by atoms with E-state index in [1.165, 1.54) is 4.90 Å². The maximum atomic E-state index is 12.9. The van der Waals surface area contributed by atoms with E-state index in [4.69, 9.17) is 4.74 Å². The predicted octanol–water partition coefficient (Wildman–Crippen LogP) is 2.26. The van der Waals surface area contributed by atoms with Crippen molar-refractivity contribution in [2.24, 2.45) is 0 Å². The number of anilines is 1. The van der Waals surface area contributed by atoms with E-state index in [1.807, 2.05) is 44.2 Å². The Morgan fingerprint density at radius 2 is 1.91 bits per heavy atom. The van der Waals surface area contributed by atoms with Crippen molar-refractivity contribution in [3.8, 4) is 0 Å². The van der Waals surface area contributed by atoms with Gasteiger partial charge in [0.15, 0.2) is 0 Å². The van der Waals surface area contributed by atoms with Crippen LogP contribution in [0.2, 0.25) is 0 Å². The van der Waals surface area contributed by atoms with E-state index in [1.54, 1.807) is 24.3 Å². The molecular weight excluding hydrogens is 448 g/mol. The molecule has 35 heavy (non-hydrogen) atoms. The van der Waals surface area contributed by atoms with Crippen LogP contribution in [0.15, 0.2) is 54.6 Å². The quantitative estimate of drug-likeness (QED) is 0.449. The van der Waals surface area contributed by atoms with Gasteiger partial charge in [-0.15, -0.1) is 0 Å². The summed E-state index contributed by atoms with van der Waals surface area (Å²) in [7, 11) is 0. The van der Waals surface area contributed by atoms with Crippen LogP contribution in [0.25, 0.3) is 0 Å². The Labute approximate surface area is 205 Å². The summed E-state index contributed by atoms with van der Waals surface area (Å²) >= 11 is 0. The lowest BCUT2D eigenvalue weighted by Gasteiger charge is -2.34. The molecule has 0 bridgehead atoms. The minimum atomic E-state index is -0.904. The highest BCUT2D eigenvalue weighted by Crippen LogP contribution is 2.16. The van der Waals surface area contributed by atoms with Gasteiger partial charge >= 0.3 is 5.97 Å². The normalized spacial score (nSPS) is 16.1. The predicted molar refractivity (Wildman–Crippen MR) is 132 cm³/mol. The van der Waals surface area contributed by atoms with Gasteiger partial charge in [0.25, 0.3) is 5.91 Å². The number of benzene rings is 2. The molecule has 1 fully saturated rings. The number of amides is 3. The minimum Gasteiger partial charge on any atom is -0.466 e. The number of nitrogens with zero attached hydrogens (tertiary/aromatic N) is 1. The molecule has 0 radical (unpaired) electrons. The number of hydrogen-bond donors (Lipinski definition) is 3. The zero-order chi connectivity index (χ0) is 25.2. The molecular formula is C26H32N4O5. The molecule has 3 amide bonds. The van der Waals surface area contributed by atoms with Crippen LogP contribution >= 0.6 is 0 Å². The molecule has 1 heterocycles. The number of carbonyl (C=O) groups excluding carboxylic acids is 4. The van der Waals surface area contributed by atoms with Crippen molar-refractivity contribution in [2.45, 2.75) is 38.8 Å². The average molecular weight is 481 g/mol. The highest BCUT2D eigenvalue weighted by atomic mass is 16.5. The molecule has 0 saturated carbocycles. The van der Waals surface area contributed by atoms with E-state index in [0.29, 0.717) is 30.8 Å². The maximum Gasteiger partial charge on any atom is 0.308 e. The summed E-state index contributed by atoms with van der Waals surface area (Å²) in [5, 5.41) is 8.69. The molecule has 1 saturated heterocycles. The van der Waals surface area contributed by atoms with Crippen molar-refractivity contribution in [2.75, 3.05) is 31.6 Å². The Bertz CT molecular complexity index is 1040. The standard InChI is InChI=1S/C26H32N4O5/c1-3-14-35-24(32)16-22-26(34)27-12-13-30(22)23(31)17-28-21-11-7-10-20(15-21)25(33)29-18(2)19-8-5-4-6-9-19/h4-11,15,18,22,28H,3,12-14,16-17H2,1-2H3,(H,27,34)(H,29,33). The maximum absolute atomic E-state index is 12.9. The Morgan fingerprint density at radius 3 is 2.66 bits per heavy atom. The Balaban J connectivity index is 1.58. The van der Waals surface area contributed by atoms with Gasteiger partial charge in [-0.1, -0.05) is 43.3 Å². The van der Waals surface area contributed by atoms with Crippen LogP contribution in [0.4, 0.5) is 5.69 Å². The number of piperazine rings is 1. The van der Waals surface area contributed by atoms with Gasteiger partial charge in [0.1, 0.15) is 6.04 Å².